The van der Waals surface area contributed by atoms with Gasteiger partial charge in [0.15, 0.2) is 0 Å². The topological polar surface area (TPSA) is 62.4 Å². The molecule has 2 unspecified atom stereocenters. The number of ether oxygens (including phenoxy) is 1. The van der Waals surface area contributed by atoms with Crippen LogP contribution in [-0.2, 0) is 4.74 Å². The van der Waals surface area contributed by atoms with Crippen molar-refractivity contribution in [2.75, 3.05) is 13.1 Å². The van der Waals surface area contributed by atoms with Gasteiger partial charge in [-0.1, -0.05) is 0 Å². The van der Waals surface area contributed by atoms with Crippen LogP contribution in [0.15, 0.2) is 0 Å². The summed E-state index contributed by atoms with van der Waals surface area (Å²) < 4.78 is 5.30. The highest BCUT2D eigenvalue weighted by Gasteiger charge is 2.32. The van der Waals surface area contributed by atoms with E-state index in [0.717, 1.165) is 32.4 Å². The number of nitrogens with one attached hydrogen (secondary N) is 3. The average molecular weight is 255 g/mol. The fourth-order valence-corrected chi connectivity index (χ4v) is 2.50. The largest absolute Gasteiger partial charge is 0.444 e. The summed E-state index contributed by atoms with van der Waals surface area (Å²) >= 11 is 0. The lowest BCUT2D eigenvalue weighted by Gasteiger charge is -2.33. The monoisotopic (exact) mass is 255 g/mol. The summed E-state index contributed by atoms with van der Waals surface area (Å²) in [6.45, 7) is 7.73. The number of hydrogen-bond acceptors (Lipinski definition) is 4. The average Bonchev–Trinajstić information content (AvgIpc) is 2.55. The molecule has 3 N–H and O–H groups in total. The van der Waals surface area contributed by atoms with E-state index in [1.54, 1.807) is 0 Å². The summed E-state index contributed by atoms with van der Waals surface area (Å²) in [4.78, 5) is 11.8. The molecule has 2 rings (SSSR count). The van der Waals surface area contributed by atoms with E-state index >= 15 is 0 Å². The van der Waals surface area contributed by atoms with Gasteiger partial charge < -0.3 is 20.7 Å². The molecule has 104 valence electrons. The van der Waals surface area contributed by atoms with Gasteiger partial charge in [0.1, 0.15) is 5.60 Å². The van der Waals surface area contributed by atoms with Crippen LogP contribution < -0.4 is 16.0 Å². The summed E-state index contributed by atoms with van der Waals surface area (Å²) in [6.07, 6.45) is 3.04. The molecule has 0 aromatic heterocycles. The Morgan fingerprint density at radius 1 is 1.22 bits per heavy atom. The van der Waals surface area contributed by atoms with Crippen LogP contribution in [0.5, 0.6) is 0 Å². The maximum absolute atomic E-state index is 11.8. The molecule has 1 heterocycles. The van der Waals surface area contributed by atoms with Crippen LogP contribution in [0, 0.1) is 0 Å². The Morgan fingerprint density at radius 2 is 1.89 bits per heavy atom. The number of hydrogen-bond donors (Lipinski definition) is 3. The smallest absolute Gasteiger partial charge is 0.407 e. The van der Waals surface area contributed by atoms with Gasteiger partial charge in [-0.2, -0.15) is 0 Å². The fraction of sp³-hybridized carbons (Fsp3) is 0.923. The van der Waals surface area contributed by atoms with E-state index < -0.39 is 5.60 Å². The van der Waals surface area contributed by atoms with Gasteiger partial charge in [0.2, 0.25) is 0 Å². The Kier molecular flexibility index (Phi) is 4.12. The minimum absolute atomic E-state index is 0.209. The lowest BCUT2D eigenvalue weighted by atomic mass is 10.1. The van der Waals surface area contributed by atoms with Crippen LogP contribution in [0.3, 0.4) is 0 Å². The van der Waals surface area contributed by atoms with E-state index in [0.29, 0.717) is 12.1 Å². The Balaban J connectivity index is 1.78. The van der Waals surface area contributed by atoms with Crippen molar-refractivity contribution in [1.29, 1.82) is 0 Å². The highest BCUT2D eigenvalue weighted by molar-refractivity contribution is 5.68. The lowest BCUT2D eigenvalue weighted by Crippen LogP contribution is -2.61. The zero-order valence-corrected chi connectivity index (χ0v) is 11.6. The quantitative estimate of drug-likeness (QED) is 0.704. The van der Waals surface area contributed by atoms with Crippen molar-refractivity contribution in [2.24, 2.45) is 0 Å². The number of alkyl carbamates (subject to hydrolysis) is 1. The maximum Gasteiger partial charge on any atom is 0.407 e. The molecule has 0 aromatic rings. The van der Waals surface area contributed by atoms with E-state index in [1.807, 2.05) is 20.8 Å². The molecule has 5 heteroatoms. The van der Waals surface area contributed by atoms with Gasteiger partial charge in [0.05, 0.1) is 0 Å². The third kappa shape index (κ3) is 3.85. The molecule has 18 heavy (non-hydrogen) atoms. The van der Waals surface area contributed by atoms with Gasteiger partial charge in [-0.25, -0.2) is 4.79 Å². The molecule has 1 saturated heterocycles. The maximum atomic E-state index is 11.8. The molecule has 2 aliphatic rings. The molecule has 2 fully saturated rings. The van der Waals surface area contributed by atoms with Crippen LogP contribution in [-0.4, -0.2) is 42.9 Å². The SMILES string of the molecule is CC(C)(C)OC(=O)NC1CCCC1NC1CNC1. The Labute approximate surface area is 109 Å². The second-order valence-corrected chi connectivity index (χ2v) is 6.31. The van der Waals surface area contributed by atoms with Gasteiger partial charge in [-0.3, -0.25) is 0 Å². The molecule has 0 radical (unpaired) electrons. The van der Waals surface area contributed by atoms with Crippen LogP contribution in [0.1, 0.15) is 40.0 Å². The molecule has 1 aliphatic carbocycles. The van der Waals surface area contributed by atoms with E-state index in [-0.39, 0.29) is 12.1 Å². The molecule has 0 aromatic carbocycles. The van der Waals surface area contributed by atoms with Crippen LogP contribution in [0.25, 0.3) is 0 Å². The second-order valence-electron chi connectivity index (χ2n) is 6.31. The van der Waals surface area contributed by atoms with Gasteiger partial charge in [0, 0.05) is 31.2 Å². The Hall–Kier alpha value is -0.810. The van der Waals surface area contributed by atoms with E-state index in [9.17, 15) is 4.79 Å². The van der Waals surface area contributed by atoms with Crippen molar-refractivity contribution in [1.82, 2.24) is 16.0 Å². The standard InChI is InChI=1S/C13H25N3O2/c1-13(2,3)18-12(17)16-11-6-4-5-10(11)15-9-7-14-8-9/h9-11,14-15H,4-8H2,1-3H3,(H,16,17). The summed E-state index contributed by atoms with van der Waals surface area (Å²) in [5, 5.41) is 9.84. The molecule has 5 nitrogen and oxygen atoms in total. The molecular weight excluding hydrogens is 230 g/mol. The van der Waals surface area contributed by atoms with Crippen molar-refractivity contribution in [3.63, 3.8) is 0 Å². The Morgan fingerprint density at radius 3 is 2.44 bits per heavy atom. The van der Waals surface area contributed by atoms with Crippen molar-refractivity contribution < 1.29 is 9.53 Å². The lowest BCUT2D eigenvalue weighted by molar-refractivity contribution is 0.0496. The number of amides is 1. The second kappa shape index (κ2) is 5.45. The first-order valence-electron chi connectivity index (χ1n) is 6.90. The van der Waals surface area contributed by atoms with E-state index in [4.69, 9.17) is 4.74 Å². The third-order valence-electron chi connectivity index (χ3n) is 3.45. The molecule has 0 bridgehead atoms. The molecule has 2 atom stereocenters. The van der Waals surface area contributed by atoms with Crippen molar-refractivity contribution in [3.8, 4) is 0 Å². The first-order valence-corrected chi connectivity index (χ1v) is 6.90. The summed E-state index contributed by atoms with van der Waals surface area (Å²) in [6, 6.07) is 1.17. The molecule has 1 saturated carbocycles. The summed E-state index contributed by atoms with van der Waals surface area (Å²) in [5.41, 5.74) is -0.427. The summed E-state index contributed by atoms with van der Waals surface area (Å²) in [7, 11) is 0. The predicted molar refractivity (Wildman–Crippen MR) is 70.6 cm³/mol. The van der Waals surface area contributed by atoms with Gasteiger partial charge in [0.25, 0.3) is 0 Å². The minimum atomic E-state index is -0.427. The number of carbonyl (C=O) groups excluding carboxylic acids is 1. The van der Waals surface area contributed by atoms with Gasteiger partial charge in [-0.15, -0.1) is 0 Å². The van der Waals surface area contributed by atoms with Gasteiger partial charge >= 0.3 is 6.09 Å². The zero-order chi connectivity index (χ0) is 13.2. The zero-order valence-electron chi connectivity index (χ0n) is 11.6. The van der Waals surface area contributed by atoms with Crippen molar-refractivity contribution >= 4 is 6.09 Å². The number of carbonyl (C=O) groups is 1. The molecule has 1 amide bonds. The first-order chi connectivity index (χ1) is 8.44. The molecular formula is C13H25N3O2. The first kappa shape index (κ1) is 13.6. The summed E-state index contributed by atoms with van der Waals surface area (Å²) in [5.74, 6) is 0. The highest BCUT2D eigenvalue weighted by atomic mass is 16.6. The van der Waals surface area contributed by atoms with Crippen LogP contribution >= 0.6 is 0 Å². The van der Waals surface area contributed by atoms with E-state index in [1.165, 1.54) is 0 Å². The van der Waals surface area contributed by atoms with E-state index in [2.05, 4.69) is 16.0 Å². The fourth-order valence-electron chi connectivity index (χ4n) is 2.50. The number of rotatable bonds is 3. The highest BCUT2D eigenvalue weighted by Crippen LogP contribution is 2.20. The minimum Gasteiger partial charge on any atom is -0.444 e. The van der Waals surface area contributed by atoms with Gasteiger partial charge in [-0.05, 0) is 40.0 Å². The third-order valence-corrected chi connectivity index (χ3v) is 3.45. The predicted octanol–water partition coefficient (Wildman–Crippen LogP) is 0.994. The van der Waals surface area contributed by atoms with Crippen molar-refractivity contribution in [3.05, 3.63) is 0 Å². The molecule has 1 aliphatic heterocycles. The van der Waals surface area contributed by atoms with Crippen LogP contribution in [0.4, 0.5) is 4.79 Å². The molecule has 0 spiro atoms. The normalized spacial score (nSPS) is 28.8. The Bertz CT molecular complexity index is 297. The van der Waals surface area contributed by atoms with Crippen molar-refractivity contribution in [2.45, 2.75) is 63.8 Å². The van der Waals surface area contributed by atoms with Crippen LogP contribution in [0.2, 0.25) is 0 Å².